The Morgan fingerprint density at radius 1 is 1.35 bits per heavy atom. The van der Waals surface area contributed by atoms with Gasteiger partial charge in [0.2, 0.25) is 0 Å². The van der Waals surface area contributed by atoms with Gasteiger partial charge in [-0.15, -0.1) is 0 Å². The first-order valence-electron chi connectivity index (χ1n) is 6.62. The molecule has 1 aromatic carbocycles. The van der Waals surface area contributed by atoms with Gasteiger partial charge in [0.1, 0.15) is 5.75 Å². The van der Waals surface area contributed by atoms with E-state index in [1.54, 1.807) is 0 Å². The van der Waals surface area contributed by atoms with Gasteiger partial charge in [0.15, 0.2) is 0 Å². The summed E-state index contributed by atoms with van der Waals surface area (Å²) < 4.78 is 5.55. The minimum Gasteiger partial charge on any atom is -0.494 e. The van der Waals surface area contributed by atoms with Crippen molar-refractivity contribution in [3.05, 3.63) is 29.8 Å². The smallest absolute Gasteiger partial charge is 0.119 e. The molecule has 0 amide bonds. The van der Waals surface area contributed by atoms with Crippen LogP contribution in [0.2, 0.25) is 0 Å². The molecule has 0 aliphatic heterocycles. The number of hydrogen-bond donors (Lipinski definition) is 1. The van der Waals surface area contributed by atoms with Crippen LogP contribution in [0.15, 0.2) is 24.3 Å². The van der Waals surface area contributed by atoms with E-state index in [4.69, 9.17) is 4.74 Å². The van der Waals surface area contributed by atoms with Gasteiger partial charge in [-0.1, -0.05) is 26.0 Å². The highest BCUT2D eigenvalue weighted by Crippen LogP contribution is 2.43. The fraction of sp³-hybridized carbons (Fsp3) is 0.600. The van der Waals surface area contributed by atoms with E-state index in [1.165, 1.54) is 0 Å². The summed E-state index contributed by atoms with van der Waals surface area (Å²) in [7, 11) is 0. The minimum atomic E-state index is -0.622. The molecule has 1 fully saturated rings. The van der Waals surface area contributed by atoms with Crippen molar-refractivity contribution in [1.29, 1.82) is 0 Å². The molecule has 0 heterocycles. The van der Waals surface area contributed by atoms with Crippen LogP contribution in [0.25, 0.3) is 0 Å². The monoisotopic (exact) mass is 234 g/mol. The van der Waals surface area contributed by atoms with E-state index in [0.29, 0.717) is 5.92 Å². The van der Waals surface area contributed by atoms with E-state index in [0.717, 1.165) is 43.6 Å². The van der Waals surface area contributed by atoms with Crippen LogP contribution in [0.3, 0.4) is 0 Å². The molecule has 17 heavy (non-hydrogen) atoms. The lowest BCUT2D eigenvalue weighted by molar-refractivity contribution is 0.00445. The van der Waals surface area contributed by atoms with Crippen molar-refractivity contribution in [2.75, 3.05) is 6.61 Å². The quantitative estimate of drug-likeness (QED) is 0.864. The molecule has 0 aromatic heterocycles. The summed E-state index contributed by atoms with van der Waals surface area (Å²) in [4.78, 5) is 0. The zero-order valence-corrected chi connectivity index (χ0v) is 10.8. The molecule has 0 spiro atoms. The molecule has 2 heteroatoms. The average Bonchev–Trinajstić information content (AvgIpc) is 2.69. The van der Waals surface area contributed by atoms with Gasteiger partial charge in [-0.25, -0.2) is 0 Å². The number of hydrogen-bond acceptors (Lipinski definition) is 2. The zero-order chi connectivity index (χ0) is 12.3. The second-order valence-electron chi connectivity index (χ2n) is 5.09. The predicted octanol–water partition coefficient (Wildman–Crippen LogP) is 3.48. The Bertz CT molecular complexity index is 358. The van der Waals surface area contributed by atoms with Gasteiger partial charge in [-0.05, 0) is 49.3 Å². The van der Waals surface area contributed by atoms with Gasteiger partial charge in [-0.2, -0.15) is 0 Å². The van der Waals surface area contributed by atoms with Gasteiger partial charge < -0.3 is 9.84 Å². The molecule has 2 unspecified atom stereocenters. The Hall–Kier alpha value is -1.02. The molecule has 2 atom stereocenters. The Balaban J connectivity index is 2.12. The maximum Gasteiger partial charge on any atom is 0.119 e. The molecule has 1 aromatic rings. The molecular weight excluding hydrogens is 212 g/mol. The third kappa shape index (κ3) is 2.47. The van der Waals surface area contributed by atoms with Gasteiger partial charge in [0.05, 0.1) is 12.2 Å². The third-order valence-corrected chi connectivity index (χ3v) is 3.84. The van der Waals surface area contributed by atoms with E-state index in [-0.39, 0.29) is 0 Å². The molecule has 94 valence electrons. The standard InChI is InChI=1S/C15H22O2/c1-3-11-17-14-8-6-13(7-9-14)15(16)10-4-5-12(15)2/h6-9,12,16H,3-5,10-11H2,1-2H3. The summed E-state index contributed by atoms with van der Waals surface area (Å²) in [5, 5.41) is 10.7. The molecule has 0 bridgehead atoms. The summed E-state index contributed by atoms with van der Waals surface area (Å²) in [6.45, 7) is 4.98. The highest BCUT2D eigenvalue weighted by atomic mass is 16.5. The molecular formula is C15H22O2. The second kappa shape index (κ2) is 5.09. The molecule has 1 N–H and O–H groups in total. The van der Waals surface area contributed by atoms with Gasteiger partial charge in [0.25, 0.3) is 0 Å². The van der Waals surface area contributed by atoms with Crippen LogP contribution in [0.5, 0.6) is 5.75 Å². The summed E-state index contributed by atoms with van der Waals surface area (Å²) in [6.07, 6.45) is 4.13. The van der Waals surface area contributed by atoms with Gasteiger partial charge in [-0.3, -0.25) is 0 Å². The SMILES string of the molecule is CCCOc1ccc(C2(O)CCCC2C)cc1. The van der Waals surface area contributed by atoms with Crippen LogP contribution < -0.4 is 4.74 Å². The fourth-order valence-corrected chi connectivity index (χ4v) is 2.65. The van der Waals surface area contributed by atoms with E-state index in [9.17, 15) is 5.11 Å². The Labute approximate surface area is 104 Å². The van der Waals surface area contributed by atoms with Crippen molar-refractivity contribution in [2.45, 2.75) is 45.1 Å². The van der Waals surface area contributed by atoms with E-state index < -0.39 is 5.60 Å². The van der Waals surface area contributed by atoms with Crippen LogP contribution in [-0.4, -0.2) is 11.7 Å². The Kier molecular flexibility index (Phi) is 3.72. The van der Waals surface area contributed by atoms with Crippen LogP contribution in [0.4, 0.5) is 0 Å². The molecule has 1 aliphatic carbocycles. The van der Waals surface area contributed by atoms with Crippen molar-refractivity contribution in [1.82, 2.24) is 0 Å². The molecule has 2 nitrogen and oxygen atoms in total. The summed E-state index contributed by atoms with van der Waals surface area (Å²) >= 11 is 0. The lowest BCUT2D eigenvalue weighted by Crippen LogP contribution is -2.28. The molecule has 2 rings (SSSR count). The second-order valence-corrected chi connectivity index (χ2v) is 5.09. The lowest BCUT2D eigenvalue weighted by Gasteiger charge is -2.28. The topological polar surface area (TPSA) is 29.5 Å². The first kappa shape index (κ1) is 12.4. The summed E-state index contributed by atoms with van der Waals surface area (Å²) in [6, 6.07) is 7.95. The third-order valence-electron chi connectivity index (χ3n) is 3.84. The molecule has 1 aliphatic rings. The highest BCUT2D eigenvalue weighted by Gasteiger charge is 2.39. The lowest BCUT2D eigenvalue weighted by atomic mass is 9.85. The van der Waals surface area contributed by atoms with E-state index >= 15 is 0 Å². The van der Waals surface area contributed by atoms with Crippen molar-refractivity contribution < 1.29 is 9.84 Å². The largest absolute Gasteiger partial charge is 0.494 e. The fourth-order valence-electron chi connectivity index (χ4n) is 2.65. The van der Waals surface area contributed by atoms with Gasteiger partial charge in [0, 0.05) is 0 Å². The van der Waals surface area contributed by atoms with Gasteiger partial charge >= 0.3 is 0 Å². The molecule has 1 saturated carbocycles. The van der Waals surface area contributed by atoms with Crippen LogP contribution in [0.1, 0.15) is 45.1 Å². The maximum atomic E-state index is 10.7. The maximum absolute atomic E-state index is 10.7. The first-order valence-corrected chi connectivity index (χ1v) is 6.62. The number of rotatable bonds is 4. The summed E-state index contributed by atoms with van der Waals surface area (Å²) in [5.74, 6) is 1.25. The van der Waals surface area contributed by atoms with Crippen molar-refractivity contribution in [2.24, 2.45) is 5.92 Å². The normalized spacial score (nSPS) is 28.3. The van der Waals surface area contributed by atoms with E-state index in [2.05, 4.69) is 13.8 Å². The number of ether oxygens (including phenoxy) is 1. The van der Waals surface area contributed by atoms with Crippen molar-refractivity contribution >= 4 is 0 Å². The minimum absolute atomic E-state index is 0.352. The predicted molar refractivity (Wildman–Crippen MR) is 69.1 cm³/mol. The number of benzene rings is 1. The van der Waals surface area contributed by atoms with Crippen LogP contribution >= 0.6 is 0 Å². The zero-order valence-electron chi connectivity index (χ0n) is 10.8. The van der Waals surface area contributed by atoms with E-state index in [1.807, 2.05) is 24.3 Å². The average molecular weight is 234 g/mol. The van der Waals surface area contributed by atoms with Crippen LogP contribution in [0, 0.1) is 5.92 Å². The van der Waals surface area contributed by atoms with Crippen LogP contribution in [-0.2, 0) is 5.60 Å². The summed E-state index contributed by atoms with van der Waals surface area (Å²) in [5.41, 5.74) is 0.412. The highest BCUT2D eigenvalue weighted by molar-refractivity contribution is 5.32. The Morgan fingerprint density at radius 2 is 2.06 bits per heavy atom. The van der Waals surface area contributed by atoms with Crippen molar-refractivity contribution in [3.8, 4) is 5.75 Å². The number of aliphatic hydroxyl groups is 1. The molecule has 0 radical (unpaired) electrons. The van der Waals surface area contributed by atoms with Crippen molar-refractivity contribution in [3.63, 3.8) is 0 Å². The molecule has 0 saturated heterocycles. The first-order chi connectivity index (χ1) is 8.16. The Morgan fingerprint density at radius 3 is 2.59 bits per heavy atom.